The predicted molar refractivity (Wildman–Crippen MR) is 60.8 cm³/mol. The van der Waals surface area contributed by atoms with Gasteiger partial charge in [0.2, 0.25) is 0 Å². The number of rotatable bonds is 5. The summed E-state index contributed by atoms with van der Waals surface area (Å²) in [7, 11) is 1.95. The monoisotopic (exact) mass is 213 g/mol. The van der Waals surface area contributed by atoms with Gasteiger partial charge in [-0.3, -0.25) is 4.98 Å². The number of aromatic nitrogens is 1. The van der Waals surface area contributed by atoms with Crippen molar-refractivity contribution in [1.82, 2.24) is 10.3 Å². The van der Waals surface area contributed by atoms with Crippen LogP contribution in [0, 0.1) is 5.92 Å². The van der Waals surface area contributed by atoms with Gasteiger partial charge in [-0.25, -0.2) is 0 Å². The van der Waals surface area contributed by atoms with Crippen molar-refractivity contribution in [3.63, 3.8) is 0 Å². The van der Waals surface area contributed by atoms with Gasteiger partial charge in [0.25, 0.3) is 0 Å². The first kappa shape index (κ1) is 11.3. The molecule has 78 valence electrons. The number of hydrogen-bond donors (Lipinski definition) is 2. The van der Waals surface area contributed by atoms with Crippen molar-refractivity contribution in [2.75, 3.05) is 25.5 Å². The molecule has 1 atom stereocenters. The van der Waals surface area contributed by atoms with Crippen LogP contribution in [0.25, 0.3) is 0 Å². The summed E-state index contributed by atoms with van der Waals surface area (Å²) in [6.45, 7) is 4.08. The van der Waals surface area contributed by atoms with E-state index < -0.39 is 0 Å². The molecule has 0 aliphatic rings. The fourth-order valence-electron chi connectivity index (χ4n) is 1.22. The minimum Gasteiger partial charge on any atom is -0.383 e. The van der Waals surface area contributed by atoms with Crippen molar-refractivity contribution < 1.29 is 0 Å². The molecule has 1 heterocycles. The average Bonchev–Trinajstić information content (AvgIpc) is 2.17. The predicted octanol–water partition coefficient (Wildman–Crippen LogP) is 2.00. The molecule has 0 radical (unpaired) electrons. The number of nitrogens with one attached hydrogen (secondary N) is 2. The lowest BCUT2D eigenvalue weighted by molar-refractivity contribution is 0.569. The van der Waals surface area contributed by atoms with Crippen LogP contribution in [0.3, 0.4) is 0 Å². The first-order valence-electron chi connectivity index (χ1n) is 4.72. The van der Waals surface area contributed by atoms with Gasteiger partial charge in [0.1, 0.15) is 0 Å². The van der Waals surface area contributed by atoms with Crippen LogP contribution in [0.5, 0.6) is 0 Å². The van der Waals surface area contributed by atoms with Gasteiger partial charge in [0, 0.05) is 18.9 Å². The van der Waals surface area contributed by atoms with E-state index in [4.69, 9.17) is 11.6 Å². The van der Waals surface area contributed by atoms with Gasteiger partial charge in [-0.2, -0.15) is 0 Å². The van der Waals surface area contributed by atoms with E-state index in [2.05, 4.69) is 22.5 Å². The molecule has 0 aromatic carbocycles. The topological polar surface area (TPSA) is 37.0 Å². The molecule has 3 nitrogen and oxygen atoms in total. The van der Waals surface area contributed by atoms with E-state index in [1.54, 1.807) is 12.4 Å². The fraction of sp³-hybridized carbons (Fsp3) is 0.500. The number of pyridine rings is 1. The molecular weight excluding hydrogens is 198 g/mol. The molecule has 0 spiro atoms. The third-order valence-electron chi connectivity index (χ3n) is 1.97. The number of halogens is 1. The summed E-state index contributed by atoms with van der Waals surface area (Å²) in [4.78, 5) is 3.92. The van der Waals surface area contributed by atoms with Crippen molar-refractivity contribution in [1.29, 1.82) is 0 Å². The van der Waals surface area contributed by atoms with E-state index in [0.29, 0.717) is 10.9 Å². The quantitative estimate of drug-likeness (QED) is 0.786. The fourth-order valence-corrected chi connectivity index (χ4v) is 1.41. The summed E-state index contributed by atoms with van der Waals surface area (Å²) in [5, 5.41) is 7.09. The van der Waals surface area contributed by atoms with E-state index in [1.807, 2.05) is 13.1 Å². The standard InChI is InChI=1S/C10H16ClN3/c1-8(5-12-2)6-14-10-3-4-13-7-9(10)11/h3-4,7-8,12H,5-6H2,1-2H3,(H,13,14). The summed E-state index contributed by atoms with van der Waals surface area (Å²) in [6.07, 6.45) is 3.38. The molecule has 1 unspecified atom stereocenters. The highest BCUT2D eigenvalue weighted by Gasteiger charge is 2.02. The molecule has 2 N–H and O–H groups in total. The van der Waals surface area contributed by atoms with Crippen LogP contribution >= 0.6 is 11.6 Å². The van der Waals surface area contributed by atoms with Crippen LogP contribution in [-0.2, 0) is 0 Å². The number of nitrogens with zero attached hydrogens (tertiary/aromatic N) is 1. The van der Waals surface area contributed by atoms with Gasteiger partial charge >= 0.3 is 0 Å². The van der Waals surface area contributed by atoms with E-state index in [1.165, 1.54) is 0 Å². The van der Waals surface area contributed by atoms with Crippen LogP contribution in [0.15, 0.2) is 18.5 Å². The first-order valence-corrected chi connectivity index (χ1v) is 5.09. The van der Waals surface area contributed by atoms with Crippen LogP contribution < -0.4 is 10.6 Å². The SMILES string of the molecule is CNCC(C)CNc1ccncc1Cl. The van der Waals surface area contributed by atoms with Gasteiger partial charge in [0.15, 0.2) is 0 Å². The Balaban J connectivity index is 2.41. The van der Waals surface area contributed by atoms with Crippen molar-refractivity contribution in [2.45, 2.75) is 6.92 Å². The van der Waals surface area contributed by atoms with Gasteiger partial charge in [-0.1, -0.05) is 18.5 Å². The maximum Gasteiger partial charge on any atom is 0.0820 e. The second kappa shape index (κ2) is 5.83. The molecule has 0 saturated heterocycles. The zero-order valence-electron chi connectivity index (χ0n) is 8.55. The van der Waals surface area contributed by atoms with Gasteiger partial charge < -0.3 is 10.6 Å². The lowest BCUT2D eigenvalue weighted by atomic mass is 10.2. The Labute approximate surface area is 89.9 Å². The molecule has 0 amide bonds. The Morgan fingerprint density at radius 3 is 2.93 bits per heavy atom. The summed E-state index contributed by atoms with van der Waals surface area (Å²) >= 11 is 5.94. The summed E-state index contributed by atoms with van der Waals surface area (Å²) in [5.41, 5.74) is 0.949. The highest BCUT2D eigenvalue weighted by Crippen LogP contribution is 2.19. The Kier molecular flexibility index (Phi) is 4.70. The van der Waals surface area contributed by atoms with Crippen LogP contribution in [0.4, 0.5) is 5.69 Å². The normalized spacial score (nSPS) is 12.5. The number of anilines is 1. The van der Waals surface area contributed by atoms with Crippen molar-refractivity contribution in [3.05, 3.63) is 23.5 Å². The largest absolute Gasteiger partial charge is 0.383 e. The van der Waals surface area contributed by atoms with E-state index in [0.717, 1.165) is 18.8 Å². The zero-order valence-corrected chi connectivity index (χ0v) is 9.30. The third-order valence-corrected chi connectivity index (χ3v) is 2.27. The molecule has 0 aliphatic heterocycles. The van der Waals surface area contributed by atoms with E-state index in [-0.39, 0.29) is 0 Å². The smallest absolute Gasteiger partial charge is 0.0820 e. The van der Waals surface area contributed by atoms with Gasteiger partial charge in [-0.15, -0.1) is 0 Å². The molecular formula is C10H16ClN3. The van der Waals surface area contributed by atoms with Crippen molar-refractivity contribution in [3.8, 4) is 0 Å². The first-order chi connectivity index (χ1) is 6.74. The minimum absolute atomic E-state index is 0.573. The van der Waals surface area contributed by atoms with Gasteiger partial charge in [0.05, 0.1) is 10.7 Å². The van der Waals surface area contributed by atoms with Crippen molar-refractivity contribution >= 4 is 17.3 Å². The molecule has 1 aromatic heterocycles. The zero-order chi connectivity index (χ0) is 10.4. The molecule has 4 heteroatoms. The Hall–Kier alpha value is -0.800. The summed E-state index contributed by atoms with van der Waals surface area (Å²) < 4.78 is 0. The maximum atomic E-state index is 5.94. The molecule has 0 saturated carbocycles. The maximum absolute atomic E-state index is 5.94. The molecule has 1 aromatic rings. The second-order valence-corrected chi connectivity index (χ2v) is 3.81. The Morgan fingerprint density at radius 2 is 2.29 bits per heavy atom. The minimum atomic E-state index is 0.573. The van der Waals surface area contributed by atoms with Crippen molar-refractivity contribution in [2.24, 2.45) is 5.92 Å². The van der Waals surface area contributed by atoms with Crippen LogP contribution in [0.2, 0.25) is 5.02 Å². The van der Waals surface area contributed by atoms with Crippen LogP contribution in [-0.4, -0.2) is 25.1 Å². The summed E-state index contributed by atoms with van der Waals surface area (Å²) in [6, 6.07) is 1.88. The highest BCUT2D eigenvalue weighted by molar-refractivity contribution is 6.33. The van der Waals surface area contributed by atoms with E-state index >= 15 is 0 Å². The number of hydrogen-bond acceptors (Lipinski definition) is 3. The molecule has 0 aliphatic carbocycles. The van der Waals surface area contributed by atoms with Gasteiger partial charge in [-0.05, 0) is 25.6 Å². The third kappa shape index (κ3) is 3.52. The molecule has 1 rings (SSSR count). The Morgan fingerprint density at radius 1 is 1.50 bits per heavy atom. The molecule has 14 heavy (non-hydrogen) atoms. The highest BCUT2D eigenvalue weighted by atomic mass is 35.5. The average molecular weight is 214 g/mol. The van der Waals surface area contributed by atoms with Crippen LogP contribution in [0.1, 0.15) is 6.92 Å². The lowest BCUT2D eigenvalue weighted by Gasteiger charge is -2.13. The Bertz CT molecular complexity index is 278. The second-order valence-electron chi connectivity index (χ2n) is 3.40. The molecule has 0 bridgehead atoms. The molecule has 0 fully saturated rings. The lowest BCUT2D eigenvalue weighted by Crippen LogP contribution is -2.22. The van der Waals surface area contributed by atoms with E-state index in [9.17, 15) is 0 Å². The summed E-state index contributed by atoms with van der Waals surface area (Å²) in [5.74, 6) is 0.573.